The monoisotopic (exact) mass is 278 g/mol. The fourth-order valence-corrected chi connectivity index (χ4v) is 1.83. The smallest absolute Gasteiger partial charge is 0.221 e. The molecule has 0 unspecified atom stereocenters. The molecule has 0 aliphatic rings. The van der Waals surface area contributed by atoms with Gasteiger partial charge in [-0.2, -0.15) is 0 Å². The Hall–Kier alpha value is -2.04. The first-order chi connectivity index (χ1) is 9.42. The number of amides is 2. The molecule has 110 valence electrons. The molecular formula is C15H22N2O3. The van der Waals surface area contributed by atoms with Crippen LogP contribution in [0.4, 0.5) is 5.69 Å². The molecule has 0 saturated heterocycles. The van der Waals surface area contributed by atoms with E-state index < -0.39 is 0 Å². The second-order valence-electron chi connectivity index (χ2n) is 5.08. The van der Waals surface area contributed by atoms with Crippen LogP contribution >= 0.6 is 0 Å². The molecule has 0 atom stereocenters. The number of hydrogen-bond acceptors (Lipinski definition) is 3. The average Bonchev–Trinajstić information content (AvgIpc) is 2.35. The molecule has 1 rings (SSSR count). The van der Waals surface area contributed by atoms with E-state index in [0.717, 1.165) is 5.56 Å². The summed E-state index contributed by atoms with van der Waals surface area (Å²) in [4.78, 5) is 22.7. The maximum Gasteiger partial charge on any atom is 0.221 e. The first kappa shape index (κ1) is 16.0. The van der Waals surface area contributed by atoms with Crippen molar-refractivity contribution >= 4 is 17.5 Å². The molecule has 1 aromatic rings. The molecule has 2 amide bonds. The Morgan fingerprint density at radius 3 is 2.55 bits per heavy atom. The average molecular weight is 278 g/mol. The largest absolute Gasteiger partial charge is 0.496 e. The summed E-state index contributed by atoms with van der Waals surface area (Å²) >= 11 is 0. The van der Waals surface area contributed by atoms with Gasteiger partial charge < -0.3 is 15.4 Å². The van der Waals surface area contributed by atoms with E-state index >= 15 is 0 Å². The highest BCUT2D eigenvalue weighted by molar-refractivity contribution is 5.88. The molecule has 2 N–H and O–H groups in total. The van der Waals surface area contributed by atoms with E-state index in [2.05, 4.69) is 10.6 Å². The normalized spacial score (nSPS) is 10.2. The highest BCUT2D eigenvalue weighted by atomic mass is 16.5. The Morgan fingerprint density at radius 2 is 2.00 bits per heavy atom. The predicted molar refractivity (Wildman–Crippen MR) is 78.6 cm³/mol. The Kier molecular flexibility index (Phi) is 6.03. The molecule has 5 nitrogen and oxygen atoms in total. The molecule has 0 fully saturated rings. The van der Waals surface area contributed by atoms with Crippen molar-refractivity contribution in [2.24, 2.45) is 5.92 Å². The molecule has 5 heteroatoms. The van der Waals surface area contributed by atoms with Crippen LogP contribution in [0.5, 0.6) is 5.75 Å². The van der Waals surface area contributed by atoms with Gasteiger partial charge in [0, 0.05) is 31.1 Å². The van der Waals surface area contributed by atoms with E-state index in [1.54, 1.807) is 25.3 Å². The zero-order valence-corrected chi connectivity index (χ0v) is 12.4. The van der Waals surface area contributed by atoms with Crippen LogP contribution < -0.4 is 15.4 Å². The summed E-state index contributed by atoms with van der Waals surface area (Å²) < 4.78 is 5.25. The van der Waals surface area contributed by atoms with Crippen molar-refractivity contribution in [2.75, 3.05) is 12.4 Å². The van der Waals surface area contributed by atoms with E-state index in [4.69, 9.17) is 4.74 Å². The Balaban J connectivity index is 2.75. The van der Waals surface area contributed by atoms with E-state index in [0.29, 0.717) is 30.3 Å². The Morgan fingerprint density at radius 1 is 1.30 bits per heavy atom. The van der Waals surface area contributed by atoms with Crippen LogP contribution in [0, 0.1) is 5.92 Å². The van der Waals surface area contributed by atoms with Gasteiger partial charge in [0.25, 0.3) is 0 Å². The maximum atomic E-state index is 11.7. The lowest BCUT2D eigenvalue weighted by molar-refractivity contribution is -0.122. The predicted octanol–water partition coefficient (Wildman–Crippen LogP) is 2.32. The van der Waals surface area contributed by atoms with Gasteiger partial charge in [-0.15, -0.1) is 0 Å². The summed E-state index contributed by atoms with van der Waals surface area (Å²) in [7, 11) is 1.58. The lowest BCUT2D eigenvalue weighted by Crippen LogP contribution is -2.24. The zero-order valence-electron chi connectivity index (χ0n) is 12.4. The number of ether oxygens (including phenoxy) is 1. The second-order valence-corrected chi connectivity index (χ2v) is 5.08. The number of nitrogens with one attached hydrogen (secondary N) is 2. The molecule has 0 aliphatic carbocycles. The fraction of sp³-hybridized carbons (Fsp3) is 0.467. The van der Waals surface area contributed by atoms with Crippen molar-refractivity contribution in [3.63, 3.8) is 0 Å². The summed E-state index contributed by atoms with van der Waals surface area (Å²) in [6, 6.07) is 5.34. The highest BCUT2D eigenvalue weighted by Crippen LogP contribution is 2.22. The summed E-state index contributed by atoms with van der Waals surface area (Å²) in [5, 5.41) is 5.56. The van der Waals surface area contributed by atoms with Crippen molar-refractivity contribution in [3.8, 4) is 5.75 Å². The van der Waals surface area contributed by atoms with E-state index in [1.165, 1.54) is 6.92 Å². The fourth-order valence-electron chi connectivity index (χ4n) is 1.83. The minimum Gasteiger partial charge on any atom is -0.496 e. The maximum absolute atomic E-state index is 11.7. The van der Waals surface area contributed by atoms with Crippen LogP contribution in [0.3, 0.4) is 0 Å². The molecule has 0 spiro atoms. The molecule has 20 heavy (non-hydrogen) atoms. The molecular weight excluding hydrogens is 256 g/mol. The van der Waals surface area contributed by atoms with Gasteiger partial charge in [0.15, 0.2) is 0 Å². The minimum absolute atomic E-state index is 0.00647. The van der Waals surface area contributed by atoms with Crippen molar-refractivity contribution in [3.05, 3.63) is 23.8 Å². The van der Waals surface area contributed by atoms with Crippen LogP contribution in [0.25, 0.3) is 0 Å². The lowest BCUT2D eigenvalue weighted by atomic mass is 10.1. The molecule has 0 heterocycles. The van der Waals surface area contributed by atoms with Gasteiger partial charge in [0.1, 0.15) is 5.75 Å². The lowest BCUT2D eigenvalue weighted by Gasteiger charge is -2.12. The van der Waals surface area contributed by atoms with E-state index in [-0.39, 0.29) is 11.8 Å². The molecule has 0 aliphatic heterocycles. The SMILES string of the molecule is COc1ccc(NC(C)=O)cc1CNC(=O)CC(C)C. The quantitative estimate of drug-likeness (QED) is 0.839. The minimum atomic E-state index is -0.134. The number of carbonyl (C=O) groups excluding carboxylic acids is 2. The number of rotatable bonds is 6. The van der Waals surface area contributed by atoms with Gasteiger partial charge in [-0.05, 0) is 24.1 Å². The van der Waals surface area contributed by atoms with Gasteiger partial charge in [-0.25, -0.2) is 0 Å². The number of anilines is 1. The van der Waals surface area contributed by atoms with E-state index in [1.807, 2.05) is 13.8 Å². The van der Waals surface area contributed by atoms with Crippen molar-refractivity contribution in [1.29, 1.82) is 0 Å². The van der Waals surface area contributed by atoms with Gasteiger partial charge in [-0.3, -0.25) is 9.59 Å². The number of benzene rings is 1. The molecule has 0 radical (unpaired) electrons. The standard InChI is InChI=1S/C15H22N2O3/c1-10(2)7-15(19)16-9-12-8-13(17-11(3)18)5-6-14(12)20-4/h5-6,8,10H,7,9H2,1-4H3,(H,16,19)(H,17,18). The summed E-state index contributed by atoms with van der Waals surface area (Å²) in [6.07, 6.45) is 0.494. The third-order valence-corrected chi connectivity index (χ3v) is 2.67. The number of hydrogen-bond donors (Lipinski definition) is 2. The van der Waals surface area contributed by atoms with Gasteiger partial charge in [0.05, 0.1) is 7.11 Å². The molecule has 1 aromatic carbocycles. The Bertz CT molecular complexity index is 484. The molecule has 0 bridgehead atoms. The first-order valence-electron chi connectivity index (χ1n) is 6.63. The summed E-state index contributed by atoms with van der Waals surface area (Å²) in [5.74, 6) is 0.878. The van der Waals surface area contributed by atoms with Crippen molar-refractivity contribution in [2.45, 2.75) is 33.7 Å². The second kappa shape index (κ2) is 7.53. The Labute approximate surface area is 119 Å². The van der Waals surface area contributed by atoms with Crippen molar-refractivity contribution in [1.82, 2.24) is 5.32 Å². The van der Waals surface area contributed by atoms with Gasteiger partial charge in [-0.1, -0.05) is 13.8 Å². The van der Waals surface area contributed by atoms with Crippen LogP contribution in [0.15, 0.2) is 18.2 Å². The van der Waals surface area contributed by atoms with Crippen LogP contribution in [-0.4, -0.2) is 18.9 Å². The van der Waals surface area contributed by atoms with Crippen LogP contribution in [0.1, 0.15) is 32.8 Å². The first-order valence-corrected chi connectivity index (χ1v) is 6.63. The highest BCUT2D eigenvalue weighted by Gasteiger charge is 2.08. The van der Waals surface area contributed by atoms with Crippen molar-refractivity contribution < 1.29 is 14.3 Å². The molecule has 0 saturated carbocycles. The third-order valence-electron chi connectivity index (χ3n) is 2.67. The topological polar surface area (TPSA) is 67.4 Å². The number of methoxy groups -OCH3 is 1. The summed E-state index contributed by atoms with van der Waals surface area (Å²) in [6.45, 7) is 5.83. The van der Waals surface area contributed by atoms with Gasteiger partial charge >= 0.3 is 0 Å². The van der Waals surface area contributed by atoms with E-state index in [9.17, 15) is 9.59 Å². The van der Waals surface area contributed by atoms with Crippen LogP contribution in [0.2, 0.25) is 0 Å². The third kappa shape index (κ3) is 5.30. The molecule has 0 aromatic heterocycles. The summed E-state index contributed by atoms with van der Waals surface area (Å²) in [5.41, 5.74) is 1.52. The van der Waals surface area contributed by atoms with Crippen LogP contribution in [-0.2, 0) is 16.1 Å². The zero-order chi connectivity index (χ0) is 15.1. The van der Waals surface area contributed by atoms with Gasteiger partial charge in [0.2, 0.25) is 11.8 Å². The number of carbonyl (C=O) groups is 2.